The molecule has 1 aromatic carbocycles. The quantitative estimate of drug-likeness (QED) is 0.695. The largest absolute Gasteiger partial charge is 0.294 e. The molecular formula is C12H14O3S. The molecule has 16 heavy (non-hydrogen) atoms. The van der Waals surface area contributed by atoms with Gasteiger partial charge in [-0.15, -0.1) is 0 Å². The van der Waals surface area contributed by atoms with Gasteiger partial charge in [-0.25, -0.2) is 8.42 Å². The fourth-order valence-corrected chi connectivity index (χ4v) is 4.02. The second-order valence-corrected chi connectivity index (χ2v) is 6.35. The lowest BCUT2D eigenvalue weighted by Gasteiger charge is -2.10. The standard InChI is InChI=1S/C12H14O3S/c1-8-6-9(2)12-10(7-8)11(13)4-3-5-16(12,14)15/h6-7H,3-5H2,1-2H3. The number of rotatable bonds is 0. The molecule has 0 aromatic heterocycles. The zero-order valence-corrected chi connectivity index (χ0v) is 10.2. The Bertz CT molecular complexity index is 556. The number of aryl methyl sites for hydroxylation is 2. The molecule has 0 N–H and O–H groups in total. The lowest BCUT2D eigenvalue weighted by Crippen LogP contribution is -2.09. The van der Waals surface area contributed by atoms with Crippen molar-refractivity contribution in [3.63, 3.8) is 0 Å². The number of carbonyl (C=O) groups is 1. The molecule has 0 unspecified atom stereocenters. The van der Waals surface area contributed by atoms with E-state index >= 15 is 0 Å². The van der Waals surface area contributed by atoms with Crippen LogP contribution in [0.15, 0.2) is 17.0 Å². The van der Waals surface area contributed by atoms with Crippen LogP contribution in [0.25, 0.3) is 0 Å². The normalized spacial score (nSPS) is 19.0. The summed E-state index contributed by atoms with van der Waals surface area (Å²) in [6.07, 6.45) is 0.753. The van der Waals surface area contributed by atoms with E-state index in [1.807, 2.05) is 13.0 Å². The summed E-state index contributed by atoms with van der Waals surface area (Å²) < 4.78 is 24.0. The maximum atomic E-state index is 12.0. The van der Waals surface area contributed by atoms with Crippen LogP contribution in [0.2, 0.25) is 0 Å². The lowest BCUT2D eigenvalue weighted by atomic mass is 10.0. The molecule has 86 valence electrons. The molecule has 0 saturated heterocycles. The number of Topliss-reactive ketones (excluding diaryl/α,β-unsaturated/α-hetero) is 1. The van der Waals surface area contributed by atoms with Gasteiger partial charge in [-0.05, 0) is 31.9 Å². The SMILES string of the molecule is Cc1cc(C)c2c(c1)C(=O)CCCS2(=O)=O. The molecule has 0 saturated carbocycles. The first-order chi connectivity index (χ1) is 7.42. The minimum atomic E-state index is -3.28. The molecule has 4 heteroatoms. The van der Waals surface area contributed by atoms with E-state index in [9.17, 15) is 13.2 Å². The molecule has 0 fully saturated rings. The van der Waals surface area contributed by atoms with Crippen LogP contribution in [-0.4, -0.2) is 20.0 Å². The third kappa shape index (κ3) is 1.78. The first-order valence-corrected chi connectivity index (χ1v) is 6.94. The molecule has 1 aromatic rings. The van der Waals surface area contributed by atoms with Crippen molar-refractivity contribution in [1.82, 2.24) is 0 Å². The van der Waals surface area contributed by atoms with Gasteiger partial charge in [0.15, 0.2) is 15.6 Å². The number of benzene rings is 1. The summed E-state index contributed by atoms with van der Waals surface area (Å²) in [4.78, 5) is 12.1. The summed E-state index contributed by atoms with van der Waals surface area (Å²) in [5.41, 5.74) is 2.00. The van der Waals surface area contributed by atoms with E-state index in [2.05, 4.69) is 0 Å². The van der Waals surface area contributed by atoms with Crippen molar-refractivity contribution in [3.05, 3.63) is 28.8 Å². The molecule has 0 bridgehead atoms. The zero-order valence-electron chi connectivity index (χ0n) is 9.41. The molecule has 3 nitrogen and oxygen atoms in total. The Morgan fingerprint density at radius 1 is 1.19 bits per heavy atom. The van der Waals surface area contributed by atoms with Gasteiger partial charge in [0.1, 0.15) is 0 Å². The summed E-state index contributed by atoms with van der Waals surface area (Å²) in [6, 6.07) is 3.50. The fourth-order valence-electron chi connectivity index (χ4n) is 2.23. The van der Waals surface area contributed by atoms with Crippen LogP contribution in [0.4, 0.5) is 0 Å². The number of carbonyl (C=O) groups excluding carboxylic acids is 1. The predicted octanol–water partition coefficient (Wildman–Crippen LogP) is 2.05. The molecule has 1 heterocycles. The maximum absolute atomic E-state index is 12.0. The highest BCUT2D eigenvalue weighted by atomic mass is 32.2. The van der Waals surface area contributed by atoms with E-state index in [0.29, 0.717) is 24.0 Å². The number of fused-ring (bicyclic) bond motifs is 1. The molecule has 0 spiro atoms. The summed E-state index contributed by atoms with van der Waals surface area (Å²) in [5, 5.41) is 0. The molecule has 0 radical (unpaired) electrons. The van der Waals surface area contributed by atoms with Crippen LogP contribution < -0.4 is 0 Å². The van der Waals surface area contributed by atoms with Crippen molar-refractivity contribution < 1.29 is 13.2 Å². The lowest BCUT2D eigenvalue weighted by molar-refractivity contribution is 0.0980. The van der Waals surface area contributed by atoms with Gasteiger partial charge in [-0.3, -0.25) is 4.79 Å². The molecule has 0 amide bonds. The number of hydrogen-bond donors (Lipinski definition) is 0. The van der Waals surface area contributed by atoms with E-state index in [0.717, 1.165) is 5.56 Å². The average molecular weight is 238 g/mol. The summed E-state index contributed by atoms with van der Waals surface area (Å²) in [5.74, 6) is 0.0261. The number of ketones is 1. The van der Waals surface area contributed by atoms with Gasteiger partial charge < -0.3 is 0 Å². The first kappa shape index (κ1) is 11.3. The van der Waals surface area contributed by atoms with E-state index in [1.165, 1.54) is 0 Å². The van der Waals surface area contributed by atoms with E-state index in [1.54, 1.807) is 13.0 Å². The van der Waals surface area contributed by atoms with Crippen molar-refractivity contribution in [2.75, 3.05) is 5.75 Å². The molecule has 1 aliphatic heterocycles. The van der Waals surface area contributed by atoms with Gasteiger partial charge in [-0.1, -0.05) is 11.6 Å². The fraction of sp³-hybridized carbons (Fsp3) is 0.417. The number of sulfone groups is 1. The molecule has 0 aliphatic carbocycles. The molecular weight excluding hydrogens is 224 g/mol. The Hall–Kier alpha value is -1.16. The monoisotopic (exact) mass is 238 g/mol. The van der Waals surface area contributed by atoms with Crippen LogP contribution >= 0.6 is 0 Å². The third-order valence-electron chi connectivity index (χ3n) is 2.85. The average Bonchev–Trinajstić information content (AvgIpc) is 2.24. The molecule has 1 aliphatic rings. The first-order valence-electron chi connectivity index (χ1n) is 5.29. The van der Waals surface area contributed by atoms with Gasteiger partial charge in [0.25, 0.3) is 0 Å². The zero-order chi connectivity index (χ0) is 11.9. The van der Waals surface area contributed by atoms with E-state index < -0.39 is 9.84 Å². The van der Waals surface area contributed by atoms with Gasteiger partial charge in [0.2, 0.25) is 0 Å². The highest BCUT2D eigenvalue weighted by Crippen LogP contribution is 2.28. The summed E-state index contributed by atoms with van der Waals surface area (Å²) in [6.45, 7) is 3.63. The Balaban J connectivity index is 2.83. The smallest absolute Gasteiger partial charge is 0.179 e. The van der Waals surface area contributed by atoms with Crippen LogP contribution in [-0.2, 0) is 9.84 Å². The number of hydrogen-bond acceptors (Lipinski definition) is 3. The van der Waals surface area contributed by atoms with Crippen molar-refractivity contribution in [2.24, 2.45) is 0 Å². The molecule has 0 atom stereocenters. The van der Waals surface area contributed by atoms with Crippen molar-refractivity contribution >= 4 is 15.6 Å². The molecule has 2 rings (SSSR count). The van der Waals surface area contributed by atoms with Gasteiger partial charge >= 0.3 is 0 Å². The second-order valence-electron chi connectivity index (χ2n) is 4.30. The Morgan fingerprint density at radius 3 is 2.56 bits per heavy atom. The Morgan fingerprint density at radius 2 is 1.88 bits per heavy atom. The highest BCUT2D eigenvalue weighted by Gasteiger charge is 2.28. The van der Waals surface area contributed by atoms with Crippen LogP contribution in [0.5, 0.6) is 0 Å². The third-order valence-corrected chi connectivity index (χ3v) is 4.84. The Kier molecular flexibility index (Phi) is 2.62. The van der Waals surface area contributed by atoms with Crippen molar-refractivity contribution in [1.29, 1.82) is 0 Å². The van der Waals surface area contributed by atoms with Crippen LogP contribution in [0.1, 0.15) is 34.3 Å². The maximum Gasteiger partial charge on any atom is 0.179 e. The van der Waals surface area contributed by atoms with Crippen LogP contribution in [0, 0.1) is 13.8 Å². The highest BCUT2D eigenvalue weighted by molar-refractivity contribution is 7.91. The second kappa shape index (κ2) is 3.70. The minimum absolute atomic E-state index is 0.0529. The van der Waals surface area contributed by atoms with Crippen molar-refractivity contribution in [2.45, 2.75) is 31.6 Å². The summed E-state index contributed by atoms with van der Waals surface area (Å²) >= 11 is 0. The van der Waals surface area contributed by atoms with Crippen molar-refractivity contribution in [3.8, 4) is 0 Å². The predicted molar refractivity (Wildman–Crippen MR) is 61.5 cm³/mol. The minimum Gasteiger partial charge on any atom is -0.294 e. The van der Waals surface area contributed by atoms with Gasteiger partial charge in [-0.2, -0.15) is 0 Å². The van der Waals surface area contributed by atoms with E-state index in [4.69, 9.17) is 0 Å². The summed E-state index contributed by atoms with van der Waals surface area (Å²) in [7, 11) is -3.28. The van der Waals surface area contributed by atoms with Gasteiger partial charge in [0.05, 0.1) is 10.6 Å². The Labute approximate surface area is 95.4 Å². The van der Waals surface area contributed by atoms with Crippen LogP contribution in [0.3, 0.4) is 0 Å². The topological polar surface area (TPSA) is 51.2 Å². The van der Waals surface area contributed by atoms with E-state index in [-0.39, 0.29) is 16.4 Å². The van der Waals surface area contributed by atoms with Gasteiger partial charge in [0, 0.05) is 12.0 Å².